The molecule has 0 unspecified atom stereocenters. The summed E-state index contributed by atoms with van der Waals surface area (Å²) in [6.45, 7) is 0. The average molecular weight is 309 g/mol. The van der Waals surface area contributed by atoms with Crippen LogP contribution in [0.3, 0.4) is 0 Å². The number of halogens is 1. The second-order valence-corrected chi connectivity index (χ2v) is 5.65. The van der Waals surface area contributed by atoms with Crippen molar-refractivity contribution in [1.82, 2.24) is 19.5 Å². The number of anilines is 1. The van der Waals surface area contributed by atoms with Crippen LogP contribution in [0.15, 0.2) is 36.5 Å². The minimum absolute atomic E-state index is 0.228. The van der Waals surface area contributed by atoms with Crippen molar-refractivity contribution in [1.29, 1.82) is 0 Å². The normalized spacial score (nSPS) is 13.8. The Morgan fingerprint density at radius 1 is 1.00 bits per heavy atom. The predicted octanol–water partition coefficient (Wildman–Crippen LogP) is 2.93. The van der Waals surface area contributed by atoms with Crippen LogP contribution in [0.2, 0.25) is 0 Å². The van der Waals surface area contributed by atoms with E-state index in [0.717, 1.165) is 48.5 Å². The summed E-state index contributed by atoms with van der Waals surface area (Å²) in [5.41, 5.74) is 8.85. The van der Waals surface area contributed by atoms with E-state index in [4.69, 9.17) is 10.7 Å². The van der Waals surface area contributed by atoms with Crippen molar-refractivity contribution in [3.05, 3.63) is 53.7 Å². The molecule has 0 saturated heterocycles. The Morgan fingerprint density at radius 3 is 2.57 bits per heavy atom. The Labute approximate surface area is 133 Å². The molecule has 0 amide bonds. The molecule has 1 aliphatic carbocycles. The molecule has 23 heavy (non-hydrogen) atoms. The Balaban J connectivity index is 1.95. The molecule has 0 atom stereocenters. The van der Waals surface area contributed by atoms with Crippen molar-refractivity contribution in [2.45, 2.75) is 25.7 Å². The van der Waals surface area contributed by atoms with E-state index in [9.17, 15) is 4.39 Å². The number of aryl methyl sites for hydroxylation is 1. The van der Waals surface area contributed by atoms with Crippen molar-refractivity contribution in [2.24, 2.45) is 0 Å². The fourth-order valence-electron chi connectivity index (χ4n) is 3.07. The standard InChI is InChI=1S/C17H16FN5/c18-12-7-5-11(6-8-12)16-21-13-3-1-2-4-14(13)23(16)15-9-10-20-17(19)22-15/h5-10H,1-4H2,(H2,19,20,22). The lowest BCUT2D eigenvalue weighted by Crippen LogP contribution is -2.10. The zero-order valence-corrected chi connectivity index (χ0v) is 12.5. The minimum Gasteiger partial charge on any atom is -0.368 e. The van der Waals surface area contributed by atoms with Gasteiger partial charge < -0.3 is 5.73 Å². The van der Waals surface area contributed by atoms with Crippen LogP contribution in [-0.4, -0.2) is 19.5 Å². The summed E-state index contributed by atoms with van der Waals surface area (Å²) >= 11 is 0. The molecule has 2 N–H and O–H groups in total. The van der Waals surface area contributed by atoms with Gasteiger partial charge in [0.2, 0.25) is 5.95 Å². The van der Waals surface area contributed by atoms with E-state index in [1.807, 2.05) is 10.6 Å². The molecule has 0 bridgehead atoms. The van der Waals surface area contributed by atoms with Crippen LogP contribution in [0.4, 0.5) is 10.3 Å². The van der Waals surface area contributed by atoms with Crippen LogP contribution in [0.25, 0.3) is 17.2 Å². The van der Waals surface area contributed by atoms with Crippen LogP contribution in [0.1, 0.15) is 24.2 Å². The zero-order valence-electron chi connectivity index (χ0n) is 12.5. The van der Waals surface area contributed by atoms with E-state index >= 15 is 0 Å². The lowest BCUT2D eigenvalue weighted by atomic mass is 10.0. The molecule has 0 saturated carbocycles. The van der Waals surface area contributed by atoms with Crippen molar-refractivity contribution >= 4 is 5.95 Å². The highest BCUT2D eigenvalue weighted by Gasteiger charge is 2.22. The number of nitrogens with two attached hydrogens (primary N) is 1. The van der Waals surface area contributed by atoms with Crippen molar-refractivity contribution in [3.8, 4) is 17.2 Å². The van der Waals surface area contributed by atoms with Gasteiger partial charge in [-0.25, -0.2) is 14.4 Å². The van der Waals surface area contributed by atoms with Gasteiger partial charge in [0.15, 0.2) is 0 Å². The summed E-state index contributed by atoms with van der Waals surface area (Å²) in [5, 5.41) is 0. The van der Waals surface area contributed by atoms with E-state index in [1.165, 1.54) is 12.1 Å². The molecule has 2 aromatic heterocycles. The van der Waals surface area contributed by atoms with Gasteiger partial charge in [-0.05, 0) is 56.0 Å². The fourth-order valence-corrected chi connectivity index (χ4v) is 3.07. The summed E-state index contributed by atoms with van der Waals surface area (Å²) in [5.74, 6) is 1.44. The van der Waals surface area contributed by atoms with Gasteiger partial charge in [-0.15, -0.1) is 0 Å². The Kier molecular flexibility index (Phi) is 3.29. The first-order valence-corrected chi connectivity index (χ1v) is 7.68. The molecule has 5 nitrogen and oxygen atoms in total. The van der Waals surface area contributed by atoms with Crippen molar-refractivity contribution in [2.75, 3.05) is 5.73 Å². The molecule has 0 fully saturated rings. The SMILES string of the molecule is Nc1nccc(-n2c(-c3ccc(F)cc3)nc3c2CCCC3)n1. The number of hydrogen-bond donors (Lipinski definition) is 1. The summed E-state index contributed by atoms with van der Waals surface area (Å²) in [7, 11) is 0. The molecule has 0 aliphatic heterocycles. The van der Waals surface area contributed by atoms with Gasteiger partial charge in [-0.3, -0.25) is 4.57 Å². The van der Waals surface area contributed by atoms with E-state index in [1.54, 1.807) is 18.3 Å². The van der Waals surface area contributed by atoms with Crippen LogP contribution in [-0.2, 0) is 12.8 Å². The first kappa shape index (κ1) is 13.9. The minimum atomic E-state index is -0.261. The van der Waals surface area contributed by atoms with Crippen LogP contribution < -0.4 is 5.73 Å². The fraction of sp³-hybridized carbons (Fsp3) is 0.235. The average Bonchev–Trinajstić information content (AvgIpc) is 2.95. The molecule has 3 aromatic rings. The molecule has 0 spiro atoms. The maximum Gasteiger partial charge on any atom is 0.221 e. The number of benzene rings is 1. The number of aromatic nitrogens is 4. The lowest BCUT2D eigenvalue weighted by molar-refractivity contribution is 0.628. The van der Waals surface area contributed by atoms with Gasteiger partial charge in [0.05, 0.1) is 5.69 Å². The summed E-state index contributed by atoms with van der Waals surface area (Å²) in [6.07, 6.45) is 5.81. The maximum absolute atomic E-state index is 13.2. The third-order valence-corrected chi connectivity index (χ3v) is 4.12. The number of fused-ring (bicyclic) bond motifs is 1. The van der Waals surface area contributed by atoms with E-state index in [0.29, 0.717) is 5.82 Å². The van der Waals surface area contributed by atoms with Crippen LogP contribution in [0.5, 0.6) is 0 Å². The lowest BCUT2D eigenvalue weighted by Gasteiger charge is -2.14. The van der Waals surface area contributed by atoms with E-state index < -0.39 is 0 Å². The summed E-state index contributed by atoms with van der Waals surface area (Å²) in [4.78, 5) is 13.1. The van der Waals surface area contributed by atoms with Gasteiger partial charge in [-0.2, -0.15) is 4.98 Å². The Morgan fingerprint density at radius 2 is 1.78 bits per heavy atom. The van der Waals surface area contributed by atoms with E-state index in [2.05, 4.69) is 9.97 Å². The highest BCUT2D eigenvalue weighted by molar-refractivity contribution is 5.60. The molecule has 0 radical (unpaired) electrons. The number of rotatable bonds is 2. The molecule has 1 aromatic carbocycles. The van der Waals surface area contributed by atoms with Gasteiger partial charge in [-0.1, -0.05) is 0 Å². The maximum atomic E-state index is 13.2. The predicted molar refractivity (Wildman–Crippen MR) is 85.6 cm³/mol. The highest BCUT2D eigenvalue weighted by Crippen LogP contribution is 2.30. The topological polar surface area (TPSA) is 69.6 Å². The van der Waals surface area contributed by atoms with E-state index in [-0.39, 0.29) is 11.8 Å². The third-order valence-electron chi connectivity index (χ3n) is 4.12. The largest absolute Gasteiger partial charge is 0.368 e. The monoisotopic (exact) mass is 309 g/mol. The van der Waals surface area contributed by atoms with Crippen LogP contribution in [0, 0.1) is 5.82 Å². The Bertz CT molecular complexity index is 854. The molecule has 4 rings (SSSR count). The smallest absolute Gasteiger partial charge is 0.221 e. The van der Waals surface area contributed by atoms with Crippen molar-refractivity contribution < 1.29 is 4.39 Å². The molecule has 116 valence electrons. The molecule has 6 heteroatoms. The van der Waals surface area contributed by atoms with Crippen molar-refractivity contribution in [3.63, 3.8) is 0 Å². The van der Waals surface area contributed by atoms with Crippen LogP contribution >= 0.6 is 0 Å². The Hall–Kier alpha value is -2.76. The number of imidazole rings is 1. The molecular formula is C17H16FN5. The first-order chi connectivity index (χ1) is 11.2. The molecule has 1 aliphatic rings. The quantitative estimate of drug-likeness (QED) is 0.790. The second kappa shape index (κ2) is 5.46. The van der Waals surface area contributed by atoms with Gasteiger partial charge in [0, 0.05) is 17.5 Å². The summed E-state index contributed by atoms with van der Waals surface area (Å²) in [6, 6.07) is 8.19. The summed E-state index contributed by atoms with van der Waals surface area (Å²) < 4.78 is 15.3. The number of nitrogens with zero attached hydrogens (tertiary/aromatic N) is 4. The van der Waals surface area contributed by atoms with Gasteiger partial charge >= 0.3 is 0 Å². The molecule has 2 heterocycles. The first-order valence-electron chi connectivity index (χ1n) is 7.68. The third kappa shape index (κ3) is 2.46. The second-order valence-electron chi connectivity index (χ2n) is 5.65. The van der Waals surface area contributed by atoms with Gasteiger partial charge in [0.25, 0.3) is 0 Å². The molecular weight excluding hydrogens is 293 g/mol. The van der Waals surface area contributed by atoms with Gasteiger partial charge in [0.1, 0.15) is 17.5 Å². The highest BCUT2D eigenvalue weighted by atomic mass is 19.1. The zero-order chi connectivity index (χ0) is 15.8. The number of hydrogen-bond acceptors (Lipinski definition) is 4. The number of nitrogen functional groups attached to an aromatic ring is 1.